The lowest BCUT2D eigenvalue weighted by atomic mass is 9.94. The van der Waals surface area contributed by atoms with Gasteiger partial charge in [0.25, 0.3) is 0 Å². The van der Waals surface area contributed by atoms with E-state index in [1.165, 1.54) is 0 Å². The molecule has 3 aromatic heterocycles. The van der Waals surface area contributed by atoms with Crippen LogP contribution in [0.1, 0.15) is 0 Å². The summed E-state index contributed by atoms with van der Waals surface area (Å²) >= 11 is 0. The molecule has 0 atom stereocenters. The number of benzene rings is 6. The fraction of sp³-hybridized carbons (Fsp3) is 0. The summed E-state index contributed by atoms with van der Waals surface area (Å²) in [5, 5.41) is 1.02. The van der Waals surface area contributed by atoms with E-state index in [1.54, 1.807) is 6.20 Å². The van der Waals surface area contributed by atoms with Crippen molar-refractivity contribution in [1.29, 1.82) is 0 Å². The molecule has 0 radical (unpaired) electrons. The molecule has 0 bridgehead atoms. The molecular weight excluding hydrogens is 633 g/mol. The Morgan fingerprint density at radius 2 is 0.885 bits per heavy atom. The lowest BCUT2D eigenvalue weighted by Crippen LogP contribution is -1.97. The lowest BCUT2D eigenvalue weighted by molar-refractivity contribution is 1.23. The number of hydrogen-bond acceptors (Lipinski definition) is 4. The van der Waals surface area contributed by atoms with Gasteiger partial charge in [0.15, 0.2) is 5.82 Å². The van der Waals surface area contributed by atoms with Gasteiger partial charge in [-0.25, -0.2) is 9.97 Å². The number of aromatic nitrogens is 4. The zero-order valence-electron chi connectivity index (χ0n) is 28.3. The molecule has 9 aromatic rings. The third kappa shape index (κ3) is 6.26. The van der Waals surface area contributed by atoms with Crippen molar-refractivity contribution in [1.82, 2.24) is 19.9 Å². The van der Waals surface area contributed by atoms with Crippen LogP contribution in [0.25, 0.3) is 89.3 Å². The first-order chi connectivity index (χ1) is 25.7. The Morgan fingerprint density at radius 3 is 1.54 bits per heavy atom. The fourth-order valence-corrected chi connectivity index (χ4v) is 6.73. The minimum absolute atomic E-state index is 0.676. The molecule has 0 amide bonds. The molecule has 0 aliphatic carbocycles. The second-order valence-corrected chi connectivity index (χ2v) is 12.8. The number of rotatable bonds is 7. The van der Waals surface area contributed by atoms with Gasteiger partial charge < -0.3 is 0 Å². The largest absolute Gasteiger partial charge is 0.264 e. The van der Waals surface area contributed by atoms with Crippen LogP contribution < -0.4 is 0 Å². The van der Waals surface area contributed by atoms with Gasteiger partial charge in [-0.2, -0.15) is 0 Å². The number of hydrogen-bond donors (Lipinski definition) is 0. The van der Waals surface area contributed by atoms with Crippen molar-refractivity contribution in [3.63, 3.8) is 0 Å². The predicted molar refractivity (Wildman–Crippen MR) is 213 cm³/mol. The summed E-state index contributed by atoms with van der Waals surface area (Å²) in [5.74, 6) is 0.676. The molecule has 6 aromatic carbocycles. The van der Waals surface area contributed by atoms with E-state index in [4.69, 9.17) is 9.97 Å². The van der Waals surface area contributed by atoms with Crippen molar-refractivity contribution in [2.75, 3.05) is 0 Å². The van der Waals surface area contributed by atoms with E-state index in [1.807, 2.05) is 48.8 Å². The van der Waals surface area contributed by atoms with E-state index in [0.29, 0.717) is 5.82 Å². The molecule has 0 aliphatic rings. The minimum Gasteiger partial charge on any atom is -0.264 e. The molecule has 244 valence electrons. The summed E-state index contributed by atoms with van der Waals surface area (Å²) in [6.07, 6.45) is 5.53. The molecule has 0 unspecified atom stereocenters. The highest BCUT2D eigenvalue weighted by Crippen LogP contribution is 2.36. The SMILES string of the molecule is c1ccc(-c2ccc3nc(-c4cc(-c5ccc(-c6ccc(-c7ccccn7)cc6)cc5)cc(-c5cccnc5)c4)nc(-c4ccccc4)c3c2)cc1. The van der Waals surface area contributed by atoms with Crippen molar-refractivity contribution in [2.24, 2.45) is 0 Å². The van der Waals surface area contributed by atoms with Crippen LogP contribution in [0.15, 0.2) is 195 Å². The van der Waals surface area contributed by atoms with Crippen LogP contribution in [-0.2, 0) is 0 Å². The summed E-state index contributed by atoms with van der Waals surface area (Å²) in [5.41, 5.74) is 14.8. The van der Waals surface area contributed by atoms with Crippen molar-refractivity contribution in [3.8, 4) is 78.4 Å². The topological polar surface area (TPSA) is 51.6 Å². The number of pyridine rings is 2. The fourth-order valence-electron chi connectivity index (χ4n) is 6.73. The third-order valence-corrected chi connectivity index (χ3v) is 9.43. The van der Waals surface area contributed by atoms with Gasteiger partial charge in [0.2, 0.25) is 0 Å². The number of fused-ring (bicyclic) bond motifs is 1. The maximum atomic E-state index is 5.30. The van der Waals surface area contributed by atoms with Gasteiger partial charge in [-0.3, -0.25) is 9.97 Å². The van der Waals surface area contributed by atoms with E-state index in [2.05, 4.69) is 149 Å². The molecule has 0 N–H and O–H groups in total. The van der Waals surface area contributed by atoms with Gasteiger partial charge in [-0.05, 0) is 87.5 Å². The summed E-state index contributed by atoms with van der Waals surface area (Å²) in [7, 11) is 0. The Balaban J connectivity index is 1.14. The van der Waals surface area contributed by atoms with Crippen molar-refractivity contribution in [3.05, 3.63) is 195 Å². The predicted octanol–water partition coefficient (Wildman–Crippen LogP) is 12.1. The second kappa shape index (κ2) is 13.7. The first kappa shape index (κ1) is 31.0. The van der Waals surface area contributed by atoms with E-state index in [9.17, 15) is 0 Å². The minimum atomic E-state index is 0.676. The lowest BCUT2D eigenvalue weighted by Gasteiger charge is -2.14. The Hall–Kier alpha value is -7.04. The molecular formula is C48H32N4. The Bertz CT molecular complexity index is 2620. The van der Waals surface area contributed by atoms with Crippen LogP contribution in [0.2, 0.25) is 0 Å². The van der Waals surface area contributed by atoms with Gasteiger partial charge in [0, 0.05) is 46.2 Å². The van der Waals surface area contributed by atoms with E-state index in [0.717, 1.165) is 83.5 Å². The van der Waals surface area contributed by atoms with Crippen molar-refractivity contribution < 1.29 is 0 Å². The molecule has 52 heavy (non-hydrogen) atoms. The van der Waals surface area contributed by atoms with Gasteiger partial charge in [-0.1, -0.05) is 127 Å². The molecule has 0 fully saturated rings. The van der Waals surface area contributed by atoms with E-state index >= 15 is 0 Å². The average molecular weight is 665 g/mol. The molecule has 9 rings (SSSR count). The van der Waals surface area contributed by atoms with Gasteiger partial charge >= 0.3 is 0 Å². The average Bonchev–Trinajstić information content (AvgIpc) is 3.24. The summed E-state index contributed by atoms with van der Waals surface area (Å²) in [6, 6.07) is 61.3. The number of nitrogens with zero attached hydrogens (tertiary/aromatic N) is 4. The van der Waals surface area contributed by atoms with Crippen LogP contribution in [0.3, 0.4) is 0 Å². The van der Waals surface area contributed by atoms with Crippen LogP contribution >= 0.6 is 0 Å². The smallest absolute Gasteiger partial charge is 0.160 e. The van der Waals surface area contributed by atoms with E-state index < -0.39 is 0 Å². The molecule has 0 saturated carbocycles. The Kier molecular flexibility index (Phi) is 8.16. The Labute approximate surface area is 302 Å². The standard InChI is InChI=1S/C48H32N4/c1-3-10-33(11-4-1)39-24-25-46-44(31-39)47(38-12-5-2-6-13-38)52-48(51-46)43-29-41(28-42(30-43)40-14-9-26-49-32-40)36-18-16-34(17-19-36)35-20-22-37(23-21-35)45-15-7-8-27-50-45/h1-32H. The van der Waals surface area contributed by atoms with Crippen LogP contribution in [-0.4, -0.2) is 19.9 Å². The summed E-state index contributed by atoms with van der Waals surface area (Å²) in [4.78, 5) is 19.4. The molecule has 4 nitrogen and oxygen atoms in total. The van der Waals surface area contributed by atoms with Crippen molar-refractivity contribution in [2.45, 2.75) is 0 Å². The van der Waals surface area contributed by atoms with Crippen LogP contribution in [0, 0.1) is 0 Å². The van der Waals surface area contributed by atoms with Gasteiger partial charge in [0.1, 0.15) is 0 Å². The molecule has 0 aliphatic heterocycles. The maximum absolute atomic E-state index is 5.30. The highest BCUT2D eigenvalue weighted by Gasteiger charge is 2.15. The first-order valence-corrected chi connectivity index (χ1v) is 17.4. The first-order valence-electron chi connectivity index (χ1n) is 17.4. The Morgan fingerprint density at radius 1 is 0.327 bits per heavy atom. The van der Waals surface area contributed by atoms with Gasteiger partial charge in [0.05, 0.1) is 16.9 Å². The van der Waals surface area contributed by atoms with Crippen molar-refractivity contribution >= 4 is 10.9 Å². The maximum Gasteiger partial charge on any atom is 0.160 e. The summed E-state index contributed by atoms with van der Waals surface area (Å²) < 4.78 is 0. The summed E-state index contributed by atoms with van der Waals surface area (Å²) in [6.45, 7) is 0. The van der Waals surface area contributed by atoms with Crippen LogP contribution in [0.4, 0.5) is 0 Å². The molecule has 0 spiro atoms. The monoisotopic (exact) mass is 664 g/mol. The van der Waals surface area contributed by atoms with E-state index in [-0.39, 0.29) is 0 Å². The zero-order valence-corrected chi connectivity index (χ0v) is 28.3. The van der Waals surface area contributed by atoms with Crippen LogP contribution in [0.5, 0.6) is 0 Å². The zero-order chi connectivity index (χ0) is 34.7. The van der Waals surface area contributed by atoms with Gasteiger partial charge in [-0.15, -0.1) is 0 Å². The highest BCUT2D eigenvalue weighted by atomic mass is 14.9. The molecule has 4 heteroatoms. The normalized spacial score (nSPS) is 11.1. The molecule has 3 heterocycles. The highest BCUT2D eigenvalue weighted by molar-refractivity contribution is 5.96. The quantitative estimate of drug-likeness (QED) is 0.170. The molecule has 0 saturated heterocycles. The third-order valence-electron chi connectivity index (χ3n) is 9.43. The second-order valence-electron chi connectivity index (χ2n) is 12.8.